The van der Waals surface area contributed by atoms with Gasteiger partial charge >= 0.3 is 0 Å². The Kier molecular flexibility index (Phi) is 13.5. The molecule has 0 radical (unpaired) electrons. The van der Waals surface area contributed by atoms with Gasteiger partial charge in [-0.05, 0) is 38.1 Å². The van der Waals surface area contributed by atoms with E-state index in [-0.39, 0.29) is 46.7 Å². The minimum atomic E-state index is 0. The van der Waals surface area contributed by atoms with Crippen LogP contribution in [0.4, 0.5) is 0 Å². The zero-order valence-corrected chi connectivity index (χ0v) is 16.7. The SMILES string of the molecule is C.CC.CC(=NCN=C(C)c1ccccc1O)c1ccccc1O.[Pt]. The molecule has 2 aromatic carbocycles. The van der Waals surface area contributed by atoms with Crippen LogP contribution in [-0.4, -0.2) is 28.3 Å². The Labute approximate surface area is 165 Å². The third-order valence-electron chi connectivity index (χ3n) is 3.20. The molecule has 0 heterocycles. The van der Waals surface area contributed by atoms with E-state index in [2.05, 4.69) is 9.98 Å². The molecule has 2 aromatic rings. The van der Waals surface area contributed by atoms with Gasteiger partial charge in [-0.1, -0.05) is 45.5 Å². The Hall–Kier alpha value is -1.93. The van der Waals surface area contributed by atoms with Crippen LogP contribution in [0.1, 0.15) is 46.2 Å². The number of aliphatic imine (C=N–C) groups is 2. The molecule has 0 saturated heterocycles. The van der Waals surface area contributed by atoms with Crippen molar-refractivity contribution in [2.45, 2.75) is 35.1 Å². The Bertz CT molecular complexity index is 638. The number of benzene rings is 2. The van der Waals surface area contributed by atoms with Gasteiger partial charge in [-0.2, -0.15) is 0 Å². The number of nitrogens with zero attached hydrogens (tertiary/aromatic N) is 2. The second-order valence-electron chi connectivity index (χ2n) is 4.66. The first-order valence-electron chi connectivity index (χ1n) is 7.68. The number of rotatable bonds is 4. The number of hydrogen-bond donors (Lipinski definition) is 2. The molecular formula is C20H28N2O2Pt. The summed E-state index contributed by atoms with van der Waals surface area (Å²) in [6.07, 6.45) is 0. The van der Waals surface area contributed by atoms with Crippen molar-refractivity contribution in [2.75, 3.05) is 6.67 Å². The van der Waals surface area contributed by atoms with Crippen molar-refractivity contribution in [3.05, 3.63) is 59.7 Å². The summed E-state index contributed by atoms with van der Waals surface area (Å²) in [7, 11) is 0. The minimum absolute atomic E-state index is 0. The number of phenolic OH excluding ortho intramolecular Hbond substituents is 2. The maximum atomic E-state index is 9.75. The molecule has 0 aliphatic carbocycles. The van der Waals surface area contributed by atoms with Gasteiger partial charge in [0.05, 0.1) is 0 Å². The van der Waals surface area contributed by atoms with E-state index in [9.17, 15) is 10.2 Å². The van der Waals surface area contributed by atoms with E-state index in [0.29, 0.717) is 11.1 Å². The Morgan fingerprint density at radius 1 is 0.760 bits per heavy atom. The summed E-state index contributed by atoms with van der Waals surface area (Å²) < 4.78 is 0. The maximum absolute atomic E-state index is 9.75. The molecule has 0 saturated carbocycles. The molecule has 25 heavy (non-hydrogen) atoms. The Morgan fingerprint density at radius 2 is 1.08 bits per heavy atom. The van der Waals surface area contributed by atoms with Crippen molar-refractivity contribution in [1.82, 2.24) is 0 Å². The van der Waals surface area contributed by atoms with Crippen molar-refractivity contribution in [3.63, 3.8) is 0 Å². The first-order chi connectivity index (χ1) is 11.1. The molecule has 0 bridgehead atoms. The normalized spacial score (nSPS) is 10.7. The van der Waals surface area contributed by atoms with Gasteiger partial charge in [-0.3, -0.25) is 9.98 Å². The van der Waals surface area contributed by atoms with Gasteiger partial charge in [-0.15, -0.1) is 0 Å². The smallest absolute Gasteiger partial charge is 0.129 e. The zero-order chi connectivity index (χ0) is 17.2. The van der Waals surface area contributed by atoms with Gasteiger partial charge in [-0.25, -0.2) is 0 Å². The van der Waals surface area contributed by atoms with Crippen LogP contribution in [-0.2, 0) is 21.1 Å². The summed E-state index contributed by atoms with van der Waals surface area (Å²) in [5.41, 5.74) is 2.85. The van der Waals surface area contributed by atoms with E-state index in [1.165, 1.54) is 0 Å². The van der Waals surface area contributed by atoms with E-state index in [1.807, 2.05) is 52.0 Å². The fraction of sp³-hybridized carbons (Fsp3) is 0.300. The molecule has 0 atom stereocenters. The van der Waals surface area contributed by atoms with E-state index in [1.54, 1.807) is 24.3 Å². The van der Waals surface area contributed by atoms with Gasteiger partial charge in [0, 0.05) is 43.6 Å². The summed E-state index contributed by atoms with van der Waals surface area (Å²) in [5.74, 6) is 0.417. The largest absolute Gasteiger partial charge is 0.507 e. The molecular weight excluding hydrogens is 495 g/mol. The van der Waals surface area contributed by atoms with Crippen molar-refractivity contribution in [1.29, 1.82) is 0 Å². The quantitative estimate of drug-likeness (QED) is 0.552. The van der Waals surface area contributed by atoms with Crippen LogP contribution in [0.25, 0.3) is 0 Å². The summed E-state index contributed by atoms with van der Waals surface area (Å²) in [6, 6.07) is 14.1. The maximum Gasteiger partial charge on any atom is 0.129 e. The molecule has 140 valence electrons. The molecule has 2 rings (SSSR count). The van der Waals surface area contributed by atoms with Crippen LogP contribution in [0.5, 0.6) is 11.5 Å². The van der Waals surface area contributed by atoms with Gasteiger partial charge in [0.15, 0.2) is 0 Å². The van der Waals surface area contributed by atoms with Crippen molar-refractivity contribution in [3.8, 4) is 11.5 Å². The summed E-state index contributed by atoms with van der Waals surface area (Å²) in [4.78, 5) is 8.68. The van der Waals surface area contributed by atoms with Crippen LogP contribution >= 0.6 is 0 Å². The monoisotopic (exact) mass is 523 g/mol. The number of para-hydroxylation sites is 2. The van der Waals surface area contributed by atoms with E-state index >= 15 is 0 Å². The topological polar surface area (TPSA) is 65.2 Å². The molecule has 2 N–H and O–H groups in total. The Balaban J connectivity index is 0. The molecule has 0 aliphatic rings. The Morgan fingerprint density at radius 3 is 1.40 bits per heavy atom. The second-order valence-corrected chi connectivity index (χ2v) is 4.66. The van der Waals surface area contributed by atoms with Gasteiger partial charge < -0.3 is 10.2 Å². The standard InChI is InChI=1S/C17H18N2O2.C2H6.CH4.Pt/c1-12(14-7-3-5-9-16(14)20)18-11-19-13(2)15-8-4-6-10-17(15)21;1-2;;/h3-10,20-21H,11H2,1-2H3;1-2H3;1H4;. The predicted molar refractivity (Wildman–Crippen MR) is 104 cm³/mol. The molecule has 0 aliphatic heterocycles. The van der Waals surface area contributed by atoms with E-state index < -0.39 is 0 Å². The van der Waals surface area contributed by atoms with Crippen LogP contribution in [0.2, 0.25) is 0 Å². The molecule has 0 aromatic heterocycles. The average molecular weight is 524 g/mol. The van der Waals surface area contributed by atoms with Gasteiger partial charge in [0.1, 0.15) is 18.2 Å². The number of hydrogen-bond acceptors (Lipinski definition) is 4. The molecule has 4 nitrogen and oxygen atoms in total. The molecule has 5 heteroatoms. The molecule has 0 spiro atoms. The zero-order valence-electron chi connectivity index (χ0n) is 14.4. The van der Waals surface area contributed by atoms with Gasteiger partial charge in [0.25, 0.3) is 0 Å². The van der Waals surface area contributed by atoms with Crippen molar-refractivity contribution in [2.24, 2.45) is 9.98 Å². The second kappa shape index (κ2) is 13.4. The predicted octanol–water partition coefficient (Wildman–Crippen LogP) is 5.03. The molecule has 0 amide bonds. The third kappa shape index (κ3) is 7.66. The minimum Gasteiger partial charge on any atom is -0.507 e. The van der Waals surface area contributed by atoms with Crippen LogP contribution < -0.4 is 0 Å². The van der Waals surface area contributed by atoms with E-state index in [4.69, 9.17) is 0 Å². The van der Waals surface area contributed by atoms with Crippen molar-refractivity contribution < 1.29 is 31.3 Å². The van der Waals surface area contributed by atoms with Crippen LogP contribution in [0.3, 0.4) is 0 Å². The number of aromatic hydroxyl groups is 2. The van der Waals surface area contributed by atoms with Crippen molar-refractivity contribution >= 4 is 11.4 Å². The van der Waals surface area contributed by atoms with Crippen LogP contribution in [0, 0.1) is 0 Å². The summed E-state index contributed by atoms with van der Waals surface area (Å²) in [5, 5.41) is 19.5. The fourth-order valence-corrected chi connectivity index (χ4v) is 1.98. The van der Waals surface area contributed by atoms with E-state index in [0.717, 1.165) is 11.4 Å². The molecule has 0 unspecified atom stereocenters. The number of phenols is 2. The molecule has 0 fully saturated rings. The first-order valence-corrected chi connectivity index (χ1v) is 7.68. The van der Waals surface area contributed by atoms with Crippen LogP contribution in [0.15, 0.2) is 58.5 Å². The fourth-order valence-electron chi connectivity index (χ4n) is 1.98. The summed E-state index contributed by atoms with van der Waals surface area (Å²) >= 11 is 0. The third-order valence-corrected chi connectivity index (χ3v) is 3.20. The summed E-state index contributed by atoms with van der Waals surface area (Å²) in [6.45, 7) is 7.92. The van der Waals surface area contributed by atoms with Gasteiger partial charge in [0.2, 0.25) is 0 Å². The first kappa shape index (κ1) is 25.3. The average Bonchev–Trinajstić information content (AvgIpc) is 2.57.